The molecular formula is C15H19N3O4S2. The van der Waals surface area contributed by atoms with Crippen molar-refractivity contribution in [2.75, 3.05) is 6.54 Å². The van der Waals surface area contributed by atoms with E-state index in [1.54, 1.807) is 19.1 Å². The second-order valence-electron chi connectivity index (χ2n) is 5.78. The van der Waals surface area contributed by atoms with Gasteiger partial charge in [0, 0.05) is 11.4 Å². The van der Waals surface area contributed by atoms with E-state index in [9.17, 15) is 13.2 Å². The van der Waals surface area contributed by atoms with E-state index >= 15 is 0 Å². The fraction of sp³-hybridized carbons (Fsp3) is 0.467. The number of nitrogens with one attached hydrogen (secondary N) is 2. The van der Waals surface area contributed by atoms with Gasteiger partial charge in [0.25, 0.3) is 10.0 Å². The predicted octanol–water partition coefficient (Wildman–Crippen LogP) is 1.97. The Morgan fingerprint density at radius 3 is 2.83 bits per heavy atom. The molecule has 2 aromatic rings. The zero-order chi connectivity index (χ0) is 17.3. The van der Waals surface area contributed by atoms with Crippen LogP contribution >= 0.6 is 11.3 Å². The molecule has 0 aromatic carbocycles. The number of amides is 1. The molecule has 0 bridgehead atoms. The fourth-order valence-electron chi connectivity index (χ4n) is 2.73. The van der Waals surface area contributed by atoms with Crippen molar-refractivity contribution in [1.29, 1.82) is 0 Å². The Balaban J connectivity index is 1.84. The van der Waals surface area contributed by atoms with Gasteiger partial charge in [-0.3, -0.25) is 4.79 Å². The summed E-state index contributed by atoms with van der Waals surface area (Å²) in [6, 6.07) is 2.56. The molecule has 24 heavy (non-hydrogen) atoms. The van der Waals surface area contributed by atoms with Gasteiger partial charge < -0.3 is 9.84 Å². The van der Waals surface area contributed by atoms with Crippen LogP contribution in [0.5, 0.6) is 0 Å². The molecule has 1 fully saturated rings. The molecule has 130 valence electrons. The maximum Gasteiger partial charge on any atom is 0.250 e. The van der Waals surface area contributed by atoms with Crippen molar-refractivity contribution in [3.05, 3.63) is 23.6 Å². The molecular weight excluding hydrogens is 350 g/mol. The lowest BCUT2D eigenvalue weighted by molar-refractivity contribution is -0.122. The normalized spacial score (nSPS) is 19.1. The van der Waals surface area contributed by atoms with Crippen LogP contribution in [-0.2, 0) is 14.8 Å². The first-order valence-corrected chi connectivity index (χ1v) is 10.0. The van der Waals surface area contributed by atoms with Crippen LogP contribution in [0.2, 0.25) is 0 Å². The third-order valence-electron chi connectivity index (χ3n) is 3.96. The largest absolute Gasteiger partial charge is 0.361 e. The van der Waals surface area contributed by atoms with E-state index in [1.165, 1.54) is 0 Å². The molecule has 2 N–H and O–H groups in total. The van der Waals surface area contributed by atoms with Crippen LogP contribution < -0.4 is 10.0 Å². The third kappa shape index (κ3) is 3.38. The summed E-state index contributed by atoms with van der Waals surface area (Å²) in [6.07, 6.45) is 2.17. The maximum absolute atomic E-state index is 12.6. The number of aromatic nitrogens is 1. The molecule has 1 aliphatic rings. The van der Waals surface area contributed by atoms with Crippen LogP contribution in [0.3, 0.4) is 0 Å². The summed E-state index contributed by atoms with van der Waals surface area (Å²) in [6.45, 7) is 4.19. The van der Waals surface area contributed by atoms with Crippen molar-refractivity contribution in [2.45, 2.75) is 43.4 Å². The van der Waals surface area contributed by atoms with Crippen LogP contribution in [0.1, 0.15) is 30.7 Å². The van der Waals surface area contributed by atoms with E-state index in [4.69, 9.17) is 4.52 Å². The van der Waals surface area contributed by atoms with E-state index in [-0.39, 0.29) is 10.1 Å². The molecule has 0 aliphatic carbocycles. The number of carbonyl (C=O) groups is 1. The van der Waals surface area contributed by atoms with Crippen LogP contribution in [0.15, 0.2) is 20.9 Å². The quantitative estimate of drug-likeness (QED) is 0.858. The maximum atomic E-state index is 12.6. The molecule has 1 amide bonds. The van der Waals surface area contributed by atoms with Crippen molar-refractivity contribution in [3.8, 4) is 10.4 Å². The number of nitrogens with zero attached hydrogens (tertiary/aromatic N) is 1. The number of hydrogen-bond acceptors (Lipinski definition) is 6. The molecule has 1 atom stereocenters. The average molecular weight is 369 g/mol. The van der Waals surface area contributed by atoms with Gasteiger partial charge in [-0.15, -0.1) is 11.3 Å². The van der Waals surface area contributed by atoms with E-state index in [2.05, 4.69) is 15.2 Å². The molecule has 3 heterocycles. The minimum absolute atomic E-state index is 0.176. The zero-order valence-corrected chi connectivity index (χ0v) is 15.1. The topological polar surface area (TPSA) is 101 Å². The Bertz CT molecular complexity index is 834. The van der Waals surface area contributed by atoms with Gasteiger partial charge >= 0.3 is 0 Å². The van der Waals surface area contributed by atoms with Crippen molar-refractivity contribution in [2.24, 2.45) is 0 Å². The molecule has 1 aliphatic heterocycles. The first-order valence-electron chi connectivity index (χ1n) is 7.71. The third-order valence-corrected chi connectivity index (χ3v) is 7.02. The summed E-state index contributed by atoms with van der Waals surface area (Å²) in [4.78, 5) is 12.7. The highest BCUT2D eigenvalue weighted by Crippen LogP contribution is 2.34. The van der Waals surface area contributed by atoms with Gasteiger partial charge in [0.05, 0.1) is 11.3 Å². The number of thiophene rings is 1. The first kappa shape index (κ1) is 17.1. The summed E-state index contributed by atoms with van der Waals surface area (Å²) in [7, 11) is -3.75. The lowest BCUT2D eigenvalue weighted by Gasteiger charge is -2.14. The van der Waals surface area contributed by atoms with Crippen molar-refractivity contribution < 1.29 is 17.7 Å². The lowest BCUT2D eigenvalue weighted by Crippen LogP contribution is -2.45. The lowest BCUT2D eigenvalue weighted by atomic mass is 10.1. The van der Waals surface area contributed by atoms with Gasteiger partial charge in [-0.25, -0.2) is 8.42 Å². The minimum Gasteiger partial charge on any atom is -0.361 e. The summed E-state index contributed by atoms with van der Waals surface area (Å²) in [5, 5.41) is 6.62. The number of rotatable bonds is 4. The molecule has 0 saturated carbocycles. The summed E-state index contributed by atoms with van der Waals surface area (Å²) < 4.78 is 33.0. The monoisotopic (exact) mass is 369 g/mol. The first-order chi connectivity index (χ1) is 11.4. The Kier molecular flexibility index (Phi) is 4.75. The molecule has 9 heteroatoms. The molecule has 7 nitrogen and oxygen atoms in total. The number of sulfonamides is 1. The van der Waals surface area contributed by atoms with E-state index < -0.39 is 16.1 Å². The van der Waals surface area contributed by atoms with Crippen molar-refractivity contribution >= 4 is 27.3 Å². The van der Waals surface area contributed by atoms with E-state index in [1.807, 2.05) is 6.92 Å². The molecule has 1 unspecified atom stereocenters. The minimum atomic E-state index is -3.75. The number of hydrogen-bond donors (Lipinski definition) is 2. The van der Waals surface area contributed by atoms with Gasteiger partial charge in [0.2, 0.25) is 5.91 Å². The fourth-order valence-corrected chi connectivity index (χ4v) is 5.43. The standard InChI is InChI=1S/C15H19N3O4S2/c1-9-14(10(2)22-17-9)12-6-7-13(23-12)24(20,21)18-11-5-3-4-8-16-15(11)19/h6-7,11,18H,3-5,8H2,1-2H3,(H,16,19). The predicted molar refractivity (Wildman–Crippen MR) is 90.3 cm³/mol. The van der Waals surface area contributed by atoms with Gasteiger partial charge in [-0.1, -0.05) is 5.16 Å². The highest BCUT2D eigenvalue weighted by Gasteiger charge is 2.28. The second-order valence-corrected chi connectivity index (χ2v) is 8.80. The Labute approximate surface area is 144 Å². The SMILES string of the molecule is Cc1noc(C)c1-c1ccc(S(=O)(=O)NC2CCCCNC2=O)s1. The number of carbonyl (C=O) groups excluding carboxylic acids is 1. The van der Waals surface area contributed by atoms with E-state index in [0.29, 0.717) is 18.7 Å². The molecule has 3 rings (SSSR count). The van der Waals surface area contributed by atoms with Gasteiger partial charge in [-0.2, -0.15) is 4.72 Å². The van der Waals surface area contributed by atoms with Crippen molar-refractivity contribution in [1.82, 2.24) is 15.2 Å². The van der Waals surface area contributed by atoms with E-state index in [0.717, 1.165) is 40.3 Å². The summed E-state index contributed by atoms with van der Waals surface area (Å²) >= 11 is 1.14. The van der Waals surface area contributed by atoms with Crippen LogP contribution in [0.25, 0.3) is 10.4 Å². The van der Waals surface area contributed by atoms with Crippen molar-refractivity contribution in [3.63, 3.8) is 0 Å². The van der Waals surface area contributed by atoms with Gasteiger partial charge in [0.15, 0.2) is 0 Å². The highest BCUT2D eigenvalue weighted by atomic mass is 32.2. The van der Waals surface area contributed by atoms with Gasteiger partial charge in [-0.05, 0) is 45.2 Å². The molecule has 0 radical (unpaired) electrons. The van der Waals surface area contributed by atoms with Gasteiger partial charge in [0.1, 0.15) is 16.0 Å². The van der Waals surface area contributed by atoms with Crippen LogP contribution in [-0.4, -0.2) is 32.1 Å². The Morgan fingerprint density at radius 2 is 2.12 bits per heavy atom. The van der Waals surface area contributed by atoms with Crippen LogP contribution in [0.4, 0.5) is 0 Å². The molecule has 0 spiro atoms. The smallest absolute Gasteiger partial charge is 0.250 e. The zero-order valence-electron chi connectivity index (χ0n) is 13.5. The average Bonchev–Trinajstić information content (AvgIpc) is 3.07. The highest BCUT2D eigenvalue weighted by molar-refractivity contribution is 7.91. The number of aryl methyl sites for hydroxylation is 2. The molecule has 2 aromatic heterocycles. The Morgan fingerprint density at radius 1 is 1.33 bits per heavy atom. The van der Waals surface area contributed by atoms with Crippen LogP contribution in [0, 0.1) is 13.8 Å². The second kappa shape index (κ2) is 6.66. The summed E-state index contributed by atoms with van der Waals surface area (Å²) in [5.41, 5.74) is 1.53. The molecule has 1 saturated heterocycles. The Hall–Kier alpha value is -1.71. The summed E-state index contributed by atoms with van der Waals surface area (Å²) in [5.74, 6) is 0.382.